The van der Waals surface area contributed by atoms with Crippen molar-refractivity contribution in [2.24, 2.45) is 0 Å². The molecule has 0 unspecified atom stereocenters. The Bertz CT molecular complexity index is 673. The van der Waals surface area contributed by atoms with E-state index in [4.69, 9.17) is 12.2 Å². The molecule has 1 aromatic carbocycles. The van der Waals surface area contributed by atoms with Gasteiger partial charge in [-0.15, -0.1) is 0 Å². The van der Waals surface area contributed by atoms with E-state index >= 15 is 0 Å². The molecule has 2 aliphatic heterocycles. The summed E-state index contributed by atoms with van der Waals surface area (Å²) in [5.41, 5.74) is 0.338. The third-order valence-electron chi connectivity index (χ3n) is 3.75. The van der Waals surface area contributed by atoms with Gasteiger partial charge in [0.2, 0.25) is 5.91 Å². The van der Waals surface area contributed by atoms with E-state index in [2.05, 4.69) is 5.32 Å². The molecule has 0 radical (unpaired) electrons. The number of hydrogen-bond acceptors (Lipinski definition) is 5. The van der Waals surface area contributed by atoms with Crippen LogP contribution >= 0.6 is 12.2 Å². The number of carbonyl (C=O) groups is 3. The van der Waals surface area contributed by atoms with E-state index in [9.17, 15) is 19.5 Å². The fraction of sp³-hybridized carbons (Fsp3) is 0.286. The minimum Gasteiger partial charge on any atom is -0.545 e. The zero-order chi connectivity index (χ0) is 15.9. The van der Waals surface area contributed by atoms with E-state index in [1.165, 1.54) is 24.3 Å². The van der Waals surface area contributed by atoms with Gasteiger partial charge in [0.05, 0.1) is 18.1 Å². The molecule has 0 aliphatic carbocycles. The smallest absolute Gasteiger partial charge is 0.257 e. The molecule has 1 N–H and O–H groups in total. The number of thiocarbonyl (C=S) groups is 1. The number of benzene rings is 1. The number of aromatic carboxylic acids is 1. The molecule has 2 saturated heterocycles. The minimum atomic E-state index is -1.31. The summed E-state index contributed by atoms with van der Waals surface area (Å²) in [6, 6.07) is 4.85. The summed E-state index contributed by atoms with van der Waals surface area (Å²) in [5.74, 6) is -1.99. The highest BCUT2D eigenvalue weighted by Gasteiger charge is 2.44. The lowest BCUT2D eigenvalue weighted by Gasteiger charge is -2.23. The number of carboxylic acid groups (broad SMARTS) is 1. The number of rotatable bonds is 3. The normalized spacial score (nSPS) is 21.5. The Hall–Kier alpha value is -2.48. The van der Waals surface area contributed by atoms with Crippen LogP contribution < -0.4 is 15.3 Å². The highest BCUT2D eigenvalue weighted by atomic mass is 32.1. The maximum absolute atomic E-state index is 12.5. The Morgan fingerprint density at radius 2 is 1.95 bits per heavy atom. The van der Waals surface area contributed by atoms with Gasteiger partial charge in [-0.3, -0.25) is 9.59 Å². The van der Waals surface area contributed by atoms with Crippen LogP contribution in [0.2, 0.25) is 0 Å². The second kappa shape index (κ2) is 5.38. The van der Waals surface area contributed by atoms with Crippen LogP contribution in [0.3, 0.4) is 0 Å². The Morgan fingerprint density at radius 1 is 1.27 bits per heavy atom. The van der Waals surface area contributed by atoms with Crippen molar-refractivity contribution in [2.75, 3.05) is 18.0 Å². The number of amides is 2. The molecule has 2 heterocycles. The molecule has 0 bridgehead atoms. The maximum Gasteiger partial charge on any atom is 0.257 e. The van der Waals surface area contributed by atoms with Gasteiger partial charge in [0.25, 0.3) is 5.91 Å². The number of imide groups is 1. The summed E-state index contributed by atoms with van der Waals surface area (Å²) >= 11 is 5.13. The topological polar surface area (TPSA) is 92.8 Å². The molecule has 22 heavy (non-hydrogen) atoms. The molecule has 7 nitrogen and oxygen atoms in total. The van der Waals surface area contributed by atoms with E-state index in [1.54, 1.807) is 4.90 Å². The third-order valence-corrected chi connectivity index (χ3v) is 4.13. The molecule has 1 atom stereocenters. The van der Waals surface area contributed by atoms with Gasteiger partial charge in [-0.1, -0.05) is 12.1 Å². The first kappa shape index (κ1) is 14.5. The number of nitrogens with zero attached hydrogens (tertiary/aromatic N) is 2. The van der Waals surface area contributed by atoms with E-state index in [1.807, 2.05) is 0 Å². The van der Waals surface area contributed by atoms with E-state index < -0.39 is 12.0 Å². The van der Waals surface area contributed by atoms with Gasteiger partial charge in [-0.05, 0) is 29.9 Å². The highest BCUT2D eigenvalue weighted by molar-refractivity contribution is 7.80. The first-order chi connectivity index (χ1) is 10.5. The van der Waals surface area contributed by atoms with Crippen LogP contribution in [0.25, 0.3) is 0 Å². The number of hydrogen-bond donors (Lipinski definition) is 1. The number of anilines is 1. The summed E-state index contributed by atoms with van der Waals surface area (Å²) in [7, 11) is 0. The molecule has 2 fully saturated rings. The van der Waals surface area contributed by atoms with E-state index in [0.29, 0.717) is 23.9 Å². The SMILES string of the molecule is O=C([O-])c1ccc(N2C(=O)C[C@H](N3CCNC3=S)C2=O)cc1. The van der Waals surface area contributed by atoms with Gasteiger partial charge in [-0.2, -0.15) is 0 Å². The van der Waals surface area contributed by atoms with Crippen LogP contribution in [0.15, 0.2) is 24.3 Å². The van der Waals surface area contributed by atoms with Crippen molar-refractivity contribution < 1.29 is 19.5 Å². The van der Waals surface area contributed by atoms with Gasteiger partial charge in [0.15, 0.2) is 5.11 Å². The van der Waals surface area contributed by atoms with Crippen molar-refractivity contribution in [3.8, 4) is 0 Å². The lowest BCUT2D eigenvalue weighted by Crippen LogP contribution is -2.43. The molecule has 3 rings (SSSR count). The van der Waals surface area contributed by atoms with Crippen molar-refractivity contribution in [2.45, 2.75) is 12.5 Å². The zero-order valence-electron chi connectivity index (χ0n) is 11.4. The molecular formula is C14H12N3O4S-. The molecular weight excluding hydrogens is 306 g/mol. The summed E-state index contributed by atoms with van der Waals surface area (Å²) < 4.78 is 0. The predicted molar refractivity (Wildman–Crippen MR) is 79.0 cm³/mol. The second-order valence-electron chi connectivity index (χ2n) is 5.05. The maximum atomic E-state index is 12.5. The Labute approximate surface area is 131 Å². The molecule has 8 heteroatoms. The van der Waals surface area contributed by atoms with Crippen LogP contribution in [0.4, 0.5) is 5.69 Å². The molecule has 0 saturated carbocycles. The fourth-order valence-corrected chi connectivity index (χ4v) is 2.98. The highest BCUT2D eigenvalue weighted by Crippen LogP contribution is 2.26. The van der Waals surface area contributed by atoms with Gasteiger partial charge < -0.3 is 20.1 Å². The summed E-state index contributed by atoms with van der Waals surface area (Å²) in [6.07, 6.45) is 0.0584. The second-order valence-corrected chi connectivity index (χ2v) is 5.43. The van der Waals surface area contributed by atoms with Crippen LogP contribution in [0.5, 0.6) is 0 Å². The lowest BCUT2D eigenvalue weighted by molar-refractivity contribution is -0.255. The van der Waals surface area contributed by atoms with E-state index in [0.717, 1.165) is 4.90 Å². The van der Waals surface area contributed by atoms with Gasteiger partial charge in [-0.25, -0.2) is 4.90 Å². The first-order valence-corrected chi connectivity index (χ1v) is 7.12. The molecule has 0 aromatic heterocycles. The average molecular weight is 318 g/mol. The largest absolute Gasteiger partial charge is 0.545 e. The molecule has 2 amide bonds. The predicted octanol–water partition coefficient (Wildman–Crippen LogP) is -1.13. The summed E-state index contributed by atoms with van der Waals surface area (Å²) in [4.78, 5) is 38.2. The lowest BCUT2D eigenvalue weighted by atomic mass is 10.2. The Balaban J connectivity index is 1.85. The standard InChI is InChI=1S/C14H13N3O4S/c18-11-7-10(16-6-5-15-14(16)22)12(19)17(11)9-3-1-8(2-4-9)13(20)21/h1-4,10H,5-7H2,(H,15,22)(H,20,21)/p-1/t10-/m0/s1. The van der Waals surface area contributed by atoms with Crippen LogP contribution in [0.1, 0.15) is 16.8 Å². The Kier molecular flexibility index (Phi) is 3.53. The third kappa shape index (κ3) is 2.31. The molecule has 1 aromatic rings. The number of nitrogens with one attached hydrogen (secondary N) is 1. The van der Waals surface area contributed by atoms with Crippen LogP contribution in [-0.4, -0.2) is 46.9 Å². The van der Waals surface area contributed by atoms with Gasteiger partial charge >= 0.3 is 0 Å². The fourth-order valence-electron chi connectivity index (χ4n) is 2.66. The first-order valence-electron chi connectivity index (χ1n) is 6.71. The van der Waals surface area contributed by atoms with Gasteiger partial charge in [0, 0.05) is 13.1 Å². The van der Waals surface area contributed by atoms with Crippen molar-refractivity contribution in [1.82, 2.24) is 10.2 Å². The number of carbonyl (C=O) groups excluding carboxylic acids is 3. The zero-order valence-corrected chi connectivity index (χ0v) is 12.3. The quantitative estimate of drug-likeness (QED) is 0.557. The minimum absolute atomic E-state index is 0.00989. The van der Waals surface area contributed by atoms with Crippen LogP contribution in [0, 0.1) is 0 Å². The van der Waals surface area contributed by atoms with Crippen molar-refractivity contribution in [3.63, 3.8) is 0 Å². The molecule has 114 valence electrons. The van der Waals surface area contributed by atoms with Crippen molar-refractivity contribution in [3.05, 3.63) is 29.8 Å². The summed E-state index contributed by atoms with van der Waals surface area (Å²) in [6.45, 7) is 1.23. The molecule has 0 spiro atoms. The van der Waals surface area contributed by atoms with Crippen LogP contribution in [-0.2, 0) is 9.59 Å². The summed E-state index contributed by atoms with van der Waals surface area (Å²) in [5, 5.41) is 14.2. The average Bonchev–Trinajstić information content (AvgIpc) is 3.02. The Morgan fingerprint density at radius 3 is 2.50 bits per heavy atom. The molecule has 2 aliphatic rings. The van der Waals surface area contributed by atoms with E-state index in [-0.39, 0.29) is 23.8 Å². The monoisotopic (exact) mass is 318 g/mol. The van der Waals surface area contributed by atoms with Gasteiger partial charge in [0.1, 0.15) is 6.04 Å². The van der Waals surface area contributed by atoms with Crippen molar-refractivity contribution in [1.29, 1.82) is 0 Å². The number of carboxylic acids is 1. The van der Waals surface area contributed by atoms with Crippen molar-refractivity contribution >= 4 is 40.8 Å².